The van der Waals surface area contributed by atoms with E-state index in [1.54, 1.807) is 113 Å². The number of pyridine rings is 7. The Morgan fingerprint density at radius 1 is 0.333 bits per heavy atom. The second kappa shape index (κ2) is 40.2. The van der Waals surface area contributed by atoms with Gasteiger partial charge in [0.1, 0.15) is 55.5 Å². The van der Waals surface area contributed by atoms with Crippen molar-refractivity contribution >= 4 is 116 Å². The maximum Gasteiger partial charge on any atom is 0.416 e. The summed E-state index contributed by atoms with van der Waals surface area (Å²) in [6.07, 6.45) is 49.2. The molecule has 0 N–H and O–H groups in total. The number of hydrogen-bond acceptors (Lipinski definition) is 27. The standard InChI is InChI=1S/C18H14F3N5.C18H15N7.C18H17N5O.C17H14N8.C17H13N7O.C16H12ClN7S/c1-25-11-14(8-23-25)13-6-17-16(22-7-13)9-24-26(17)10-12-3-2-4-15(5-12)18(19,20)21;1-23-11-14(8-21-23)13-6-17-16(19-7-13)10-22-25(17)12-15-9-20-18-4-2-3-5-24(15)18;1-22-12-15(9-20-22)14-7-18-17(19-8-14)10-21-23(18)11-13-3-5-16(24-2)6-4-13;1-23-10-13(7-21-23)12-5-16-15(18-6-12)9-22-24(16)11-14-8-19-17-3-2-4-20-25(14)17;1-23-9-13(7-19-23)12-5-16-15(18-6-12)8-20-24(16)10-11-3-2-4-14-17(11)22-25-21-14;1-22-8-11(6-19-22)10-4-13-12(18-5-10)7-20-24(13)9-14-15(17)21-16-23(14)2-3-25-16/h2-9,11H,10H2,1H3;2-11H,12H2,1H3;3-10,12H,11H2,1-2H3;2-10H,11H2,1H3;2-9H,10H2,1H3;2-8H,9H2,1H3. The van der Waals surface area contributed by atoms with Gasteiger partial charge in [0.25, 0.3) is 0 Å². The average molecular weight is 2040 g/mol. The molecule has 742 valence electrons. The third kappa shape index (κ3) is 19.8. The van der Waals surface area contributed by atoms with Gasteiger partial charge in [0.05, 0.1) is 189 Å². The summed E-state index contributed by atoms with van der Waals surface area (Å²) in [7, 11) is 13.0. The predicted octanol–water partition coefficient (Wildman–Crippen LogP) is 16.9. The number of imidazole rings is 3. The Morgan fingerprint density at radius 3 is 1.18 bits per heavy atom. The maximum atomic E-state index is 12.9. The van der Waals surface area contributed by atoms with Crippen molar-refractivity contribution in [3.63, 3.8) is 0 Å². The number of nitrogens with zero attached hydrogens (tertiary/aromatic N) is 39. The molecule has 46 heteroatoms. The molecule has 150 heavy (non-hydrogen) atoms. The van der Waals surface area contributed by atoms with Crippen LogP contribution in [-0.2, 0) is 87.7 Å². The molecule has 0 fully saturated rings. The number of fused-ring (bicyclic) bond motifs is 10. The summed E-state index contributed by atoms with van der Waals surface area (Å²) in [6.45, 7) is 3.20. The molecular weight excluding hydrogens is 1950 g/mol. The number of aryl methyl sites for hydroxylation is 6. The molecule has 0 amide bonds. The number of thiazole rings is 1. The molecule has 3 aromatic carbocycles. The molecular formula is C104H85ClF3N39O2S. The Balaban J connectivity index is 0.0000000986. The van der Waals surface area contributed by atoms with Crippen LogP contribution in [0.25, 0.3) is 160 Å². The van der Waals surface area contributed by atoms with Crippen molar-refractivity contribution in [1.82, 2.24) is 191 Å². The first-order valence-electron chi connectivity index (χ1n) is 46.8. The number of aromatic nitrogens is 39. The number of methoxy groups -OCH3 is 1. The first-order chi connectivity index (χ1) is 73.1. The minimum Gasteiger partial charge on any atom is -0.497 e. The van der Waals surface area contributed by atoms with E-state index in [2.05, 4.69) is 156 Å². The third-order valence-electron chi connectivity index (χ3n) is 25.0. The number of ether oxygens (including phenoxy) is 1. The van der Waals surface area contributed by atoms with Crippen LogP contribution in [0.3, 0.4) is 0 Å². The Labute approximate surface area is 855 Å². The highest BCUT2D eigenvalue weighted by atomic mass is 35.5. The van der Waals surface area contributed by atoms with Crippen molar-refractivity contribution < 1.29 is 22.5 Å². The van der Waals surface area contributed by atoms with E-state index >= 15 is 0 Å². The van der Waals surface area contributed by atoms with Crippen LogP contribution in [0, 0.1) is 0 Å². The van der Waals surface area contributed by atoms with Crippen LogP contribution in [0.5, 0.6) is 5.75 Å². The van der Waals surface area contributed by atoms with E-state index in [4.69, 9.17) is 21.0 Å². The van der Waals surface area contributed by atoms with Crippen LogP contribution in [0.1, 0.15) is 39.3 Å². The predicted molar refractivity (Wildman–Crippen MR) is 555 cm³/mol. The number of halogens is 4. The van der Waals surface area contributed by atoms with Gasteiger partial charge in [-0.1, -0.05) is 54.1 Å². The minimum absolute atomic E-state index is 0.228. The molecule has 28 rings (SSSR count). The summed E-state index contributed by atoms with van der Waals surface area (Å²) < 4.78 is 76.5. The SMILES string of the molecule is COc1ccc(Cn2ncc3ncc(-c4cnn(C)c4)cc32)cc1.Cn1cc(-c2cnc3cnn(Cc4c(Cl)nc5sccn45)c3c2)cn1.Cn1cc(-c2cnc3cnn(Cc4cccc(C(F)(F)F)c4)c3c2)cn1.Cn1cc(-c2cnc3cnn(Cc4cccc5nonc45)c3c2)cn1.Cn1cc(-c2cnc3cnn(Cc4cnc5ccccn45)c3c2)cn1.Cn1cc(-c2cnc3cnn(Cc4cnc5cccnn45)c3c2)cn1. The molecule has 28 aromatic rings. The molecule has 0 aliphatic rings. The molecule has 0 saturated carbocycles. The van der Waals surface area contributed by atoms with Crippen LogP contribution in [0.2, 0.25) is 5.15 Å². The summed E-state index contributed by atoms with van der Waals surface area (Å²) in [6, 6.07) is 41.2. The molecule has 25 aromatic heterocycles. The smallest absolute Gasteiger partial charge is 0.416 e. The van der Waals surface area contributed by atoms with E-state index in [1.165, 1.54) is 6.07 Å². The van der Waals surface area contributed by atoms with Crippen molar-refractivity contribution in [2.75, 3.05) is 7.11 Å². The minimum atomic E-state index is -4.36. The van der Waals surface area contributed by atoms with E-state index in [0.717, 1.165) is 201 Å². The summed E-state index contributed by atoms with van der Waals surface area (Å²) in [5, 5.41) is 66.7. The van der Waals surface area contributed by atoms with Gasteiger partial charge in [-0.05, 0) is 112 Å². The number of benzene rings is 3. The van der Waals surface area contributed by atoms with Crippen LogP contribution in [0.15, 0.2) is 323 Å². The molecule has 0 spiro atoms. The van der Waals surface area contributed by atoms with Gasteiger partial charge in [-0.3, -0.25) is 90.5 Å². The Bertz CT molecular complexity index is 9520. The first kappa shape index (κ1) is 94.0. The van der Waals surface area contributed by atoms with Gasteiger partial charge in [-0.2, -0.15) is 79.5 Å². The van der Waals surface area contributed by atoms with Gasteiger partial charge in [0.2, 0.25) is 0 Å². The maximum absolute atomic E-state index is 12.9. The zero-order valence-electron chi connectivity index (χ0n) is 80.9. The molecule has 0 radical (unpaired) electrons. The Morgan fingerprint density at radius 2 is 0.740 bits per heavy atom. The van der Waals surface area contributed by atoms with E-state index < -0.39 is 11.7 Å². The van der Waals surface area contributed by atoms with Crippen molar-refractivity contribution in [3.8, 4) is 72.5 Å². The van der Waals surface area contributed by atoms with Crippen molar-refractivity contribution in [1.29, 1.82) is 0 Å². The first-order valence-corrected chi connectivity index (χ1v) is 48.0. The third-order valence-corrected chi connectivity index (χ3v) is 26.1. The molecule has 0 aliphatic carbocycles. The second-order valence-corrected chi connectivity index (χ2v) is 36.5. The molecule has 0 aliphatic heterocycles. The fourth-order valence-electron chi connectivity index (χ4n) is 17.4. The molecule has 25 heterocycles. The average Bonchev–Trinajstić information content (AvgIpc) is 1.68. The lowest BCUT2D eigenvalue weighted by molar-refractivity contribution is -0.137. The van der Waals surface area contributed by atoms with Gasteiger partial charge in [-0.25, -0.2) is 24.1 Å². The van der Waals surface area contributed by atoms with Crippen LogP contribution < -0.4 is 4.74 Å². The fourth-order valence-corrected chi connectivity index (χ4v) is 18.4. The highest BCUT2D eigenvalue weighted by Crippen LogP contribution is 2.35. The molecule has 0 atom stereocenters. The lowest BCUT2D eigenvalue weighted by Crippen LogP contribution is -2.07. The van der Waals surface area contributed by atoms with Crippen LogP contribution in [-0.4, -0.2) is 198 Å². The van der Waals surface area contributed by atoms with Gasteiger partial charge >= 0.3 is 6.18 Å². The molecule has 0 unspecified atom stereocenters. The van der Waals surface area contributed by atoms with E-state index in [0.29, 0.717) is 49.0 Å². The molecule has 0 saturated heterocycles. The second-order valence-electron chi connectivity index (χ2n) is 35.2. The Kier molecular flexibility index (Phi) is 25.2. The zero-order valence-corrected chi connectivity index (χ0v) is 82.5. The lowest BCUT2D eigenvalue weighted by Gasteiger charge is -2.09. The summed E-state index contributed by atoms with van der Waals surface area (Å²) in [5.41, 5.74) is 30.8. The number of rotatable bonds is 19. The topological polar surface area (TPSA) is 404 Å². The van der Waals surface area contributed by atoms with Gasteiger partial charge in [0.15, 0.2) is 15.8 Å². The van der Waals surface area contributed by atoms with Crippen molar-refractivity contribution in [2.24, 2.45) is 42.3 Å². The van der Waals surface area contributed by atoms with E-state index in [1.807, 2.05) is 283 Å². The highest BCUT2D eigenvalue weighted by Gasteiger charge is 2.31. The quantitative estimate of drug-likeness (QED) is 0.0725. The molecule has 0 bridgehead atoms. The summed E-state index contributed by atoms with van der Waals surface area (Å²) in [4.78, 5) is 41.1. The lowest BCUT2D eigenvalue weighted by atomic mass is 10.1. The Hall–Kier alpha value is -19.6. The zero-order chi connectivity index (χ0) is 102. The summed E-state index contributed by atoms with van der Waals surface area (Å²) in [5.74, 6) is 0.851. The molecule has 41 nitrogen and oxygen atoms in total. The highest BCUT2D eigenvalue weighted by molar-refractivity contribution is 7.15. The van der Waals surface area contributed by atoms with E-state index in [9.17, 15) is 13.2 Å². The fraction of sp³-hybridized carbons (Fsp3) is 0.135. The number of hydrogen-bond donors (Lipinski definition) is 0. The monoisotopic (exact) mass is 2040 g/mol. The van der Waals surface area contributed by atoms with Crippen LogP contribution >= 0.6 is 22.9 Å². The van der Waals surface area contributed by atoms with Crippen molar-refractivity contribution in [3.05, 3.63) is 363 Å². The summed E-state index contributed by atoms with van der Waals surface area (Å²) >= 11 is 7.87. The van der Waals surface area contributed by atoms with Crippen molar-refractivity contribution in [2.45, 2.75) is 45.4 Å². The largest absolute Gasteiger partial charge is 0.497 e. The van der Waals surface area contributed by atoms with Crippen LogP contribution in [0.4, 0.5) is 13.2 Å². The number of alkyl halides is 3. The normalized spacial score (nSPS) is 11.6. The van der Waals surface area contributed by atoms with E-state index in [-0.39, 0.29) is 6.54 Å². The van der Waals surface area contributed by atoms with Gasteiger partial charge in [0, 0.05) is 213 Å². The van der Waals surface area contributed by atoms with Gasteiger partial charge < -0.3 is 9.14 Å². The van der Waals surface area contributed by atoms with Gasteiger partial charge in [-0.15, -0.1) is 11.3 Å².